The standard InChI is InChI=1S/C20H30N2O3/c1-21(19(24)25-15-17-7-3-2-4-8-17)20(11-9-18(23)10-12-20)16-22-13-5-6-14-22/h2-4,7-8,18,23H,5-6,9-16H2,1H3. The monoisotopic (exact) mass is 346 g/mol. The molecular weight excluding hydrogens is 316 g/mol. The van der Waals surface area contributed by atoms with Crippen LogP contribution in [0.1, 0.15) is 44.1 Å². The number of ether oxygens (including phenoxy) is 1. The predicted octanol–water partition coefficient (Wildman–Crippen LogP) is 3.02. The fraction of sp³-hybridized carbons (Fsp3) is 0.650. The van der Waals surface area contributed by atoms with Crippen molar-refractivity contribution in [3.8, 4) is 0 Å². The van der Waals surface area contributed by atoms with Gasteiger partial charge in [0.1, 0.15) is 6.61 Å². The molecule has 0 unspecified atom stereocenters. The first-order chi connectivity index (χ1) is 12.1. The molecule has 1 N–H and O–H groups in total. The molecule has 1 heterocycles. The van der Waals surface area contributed by atoms with Crippen LogP contribution in [0.3, 0.4) is 0 Å². The van der Waals surface area contributed by atoms with Gasteiger partial charge in [-0.05, 0) is 57.2 Å². The molecular formula is C20H30N2O3. The Labute approximate surface area is 150 Å². The van der Waals surface area contributed by atoms with E-state index in [1.165, 1.54) is 12.8 Å². The van der Waals surface area contributed by atoms with Gasteiger partial charge in [-0.15, -0.1) is 0 Å². The van der Waals surface area contributed by atoms with Gasteiger partial charge < -0.3 is 19.6 Å². The molecule has 0 radical (unpaired) electrons. The van der Waals surface area contributed by atoms with Crippen LogP contribution in [0.2, 0.25) is 0 Å². The molecule has 1 saturated heterocycles. The number of hydrogen-bond acceptors (Lipinski definition) is 4. The van der Waals surface area contributed by atoms with E-state index < -0.39 is 0 Å². The number of aliphatic hydroxyl groups excluding tert-OH is 1. The average Bonchev–Trinajstić information content (AvgIpc) is 3.15. The molecule has 0 atom stereocenters. The Morgan fingerprint density at radius 2 is 1.88 bits per heavy atom. The summed E-state index contributed by atoms with van der Waals surface area (Å²) in [5.41, 5.74) is 0.772. The molecule has 3 rings (SSSR count). The van der Waals surface area contributed by atoms with Gasteiger partial charge in [0, 0.05) is 13.6 Å². The van der Waals surface area contributed by atoms with Crippen LogP contribution in [0.4, 0.5) is 4.79 Å². The lowest BCUT2D eigenvalue weighted by atomic mass is 9.79. The Morgan fingerprint density at radius 3 is 2.52 bits per heavy atom. The summed E-state index contributed by atoms with van der Waals surface area (Å²) in [7, 11) is 1.86. The molecule has 5 nitrogen and oxygen atoms in total. The van der Waals surface area contributed by atoms with E-state index in [-0.39, 0.29) is 17.7 Å². The van der Waals surface area contributed by atoms with Crippen molar-refractivity contribution in [2.24, 2.45) is 0 Å². The van der Waals surface area contributed by atoms with Gasteiger partial charge in [0.05, 0.1) is 11.6 Å². The Balaban J connectivity index is 1.65. The first-order valence-electron chi connectivity index (χ1n) is 9.44. The van der Waals surface area contributed by atoms with Crippen LogP contribution in [0.25, 0.3) is 0 Å². The van der Waals surface area contributed by atoms with E-state index in [1.54, 1.807) is 4.90 Å². The van der Waals surface area contributed by atoms with Gasteiger partial charge in [-0.3, -0.25) is 0 Å². The van der Waals surface area contributed by atoms with E-state index in [9.17, 15) is 9.90 Å². The van der Waals surface area contributed by atoms with Crippen molar-refractivity contribution in [3.63, 3.8) is 0 Å². The van der Waals surface area contributed by atoms with Crippen molar-refractivity contribution in [2.75, 3.05) is 26.7 Å². The third kappa shape index (κ3) is 4.53. The van der Waals surface area contributed by atoms with Crippen molar-refractivity contribution in [2.45, 2.75) is 56.8 Å². The zero-order chi connectivity index (χ0) is 17.7. The van der Waals surface area contributed by atoms with Crippen molar-refractivity contribution in [1.82, 2.24) is 9.80 Å². The van der Waals surface area contributed by atoms with Gasteiger partial charge in [0.2, 0.25) is 0 Å². The van der Waals surface area contributed by atoms with Gasteiger partial charge in [-0.25, -0.2) is 4.79 Å². The largest absolute Gasteiger partial charge is 0.445 e. The Kier molecular flexibility index (Phi) is 5.97. The Hall–Kier alpha value is -1.59. The summed E-state index contributed by atoms with van der Waals surface area (Å²) in [6, 6.07) is 9.78. The topological polar surface area (TPSA) is 53.0 Å². The first kappa shape index (κ1) is 18.2. The normalized spacial score (nSPS) is 27.2. The first-order valence-corrected chi connectivity index (χ1v) is 9.44. The molecule has 2 aliphatic rings. The molecule has 2 fully saturated rings. The average molecular weight is 346 g/mol. The molecule has 1 aromatic carbocycles. The lowest BCUT2D eigenvalue weighted by Gasteiger charge is -2.47. The van der Waals surface area contributed by atoms with E-state index in [0.717, 1.165) is 50.9 Å². The molecule has 1 amide bonds. The quantitative estimate of drug-likeness (QED) is 0.890. The highest BCUT2D eigenvalue weighted by Crippen LogP contribution is 2.35. The lowest BCUT2D eigenvalue weighted by molar-refractivity contribution is -0.00373. The number of carbonyl (C=O) groups is 1. The maximum absolute atomic E-state index is 12.7. The maximum Gasteiger partial charge on any atom is 0.410 e. The zero-order valence-corrected chi connectivity index (χ0v) is 15.2. The zero-order valence-electron chi connectivity index (χ0n) is 15.2. The van der Waals surface area contributed by atoms with Crippen molar-refractivity contribution < 1.29 is 14.6 Å². The molecule has 5 heteroatoms. The Bertz CT molecular complexity index is 549. The summed E-state index contributed by atoms with van der Waals surface area (Å²) in [6.45, 7) is 3.40. The highest BCUT2D eigenvalue weighted by Gasteiger charge is 2.42. The summed E-state index contributed by atoms with van der Waals surface area (Å²) in [5.74, 6) is 0. The number of likely N-dealkylation sites (tertiary alicyclic amines) is 1. The van der Waals surface area contributed by atoms with E-state index >= 15 is 0 Å². The van der Waals surface area contributed by atoms with Gasteiger partial charge >= 0.3 is 6.09 Å². The van der Waals surface area contributed by atoms with E-state index in [0.29, 0.717) is 6.61 Å². The van der Waals surface area contributed by atoms with Crippen LogP contribution in [0.5, 0.6) is 0 Å². The second-order valence-electron chi connectivity index (χ2n) is 7.54. The molecule has 0 bridgehead atoms. The van der Waals surface area contributed by atoms with Crippen LogP contribution in [-0.4, -0.2) is 59.3 Å². The number of likely N-dealkylation sites (N-methyl/N-ethyl adjacent to an activating group) is 1. The second-order valence-corrected chi connectivity index (χ2v) is 7.54. The number of nitrogens with zero attached hydrogens (tertiary/aromatic N) is 2. The minimum Gasteiger partial charge on any atom is -0.445 e. The highest BCUT2D eigenvalue weighted by atomic mass is 16.6. The molecule has 138 valence electrons. The summed E-state index contributed by atoms with van der Waals surface area (Å²) < 4.78 is 5.57. The summed E-state index contributed by atoms with van der Waals surface area (Å²) in [5, 5.41) is 9.93. The molecule has 1 aromatic rings. The second kappa shape index (κ2) is 8.19. The minimum absolute atomic E-state index is 0.225. The van der Waals surface area contributed by atoms with Crippen LogP contribution < -0.4 is 0 Å². The summed E-state index contributed by atoms with van der Waals surface area (Å²) in [6.07, 6.45) is 5.15. The van der Waals surface area contributed by atoms with Crippen LogP contribution in [0.15, 0.2) is 30.3 Å². The fourth-order valence-corrected chi connectivity index (χ4v) is 4.11. The minimum atomic E-state index is -0.264. The summed E-state index contributed by atoms with van der Waals surface area (Å²) in [4.78, 5) is 17.0. The van der Waals surface area contributed by atoms with Crippen LogP contribution in [0, 0.1) is 0 Å². The van der Waals surface area contributed by atoms with Crippen LogP contribution >= 0.6 is 0 Å². The SMILES string of the molecule is CN(C(=O)OCc1ccccc1)C1(CN2CCCC2)CCC(O)CC1. The highest BCUT2D eigenvalue weighted by molar-refractivity contribution is 5.68. The number of amides is 1. The smallest absolute Gasteiger partial charge is 0.410 e. The third-order valence-corrected chi connectivity index (χ3v) is 5.79. The molecule has 1 aliphatic carbocycles. The Morgan fingerprint density at radius 1 is 1.24 bits per heavy atom. The third-order valence-electron chi connectivity index (χ3n) is 5.79. The molecule has 1 saturated carbocycles. The van der Waals surface area contributed by atoms with Crippen molar-refractivity contribution >= 4 is 6.09 Å². The lowest BCUT2D eigenvalue weighted by Crippen LogP contribution is -2.58. The van der Waals surface area contributed by atoms with Gasteiger partial charge in [-0.2, -0.15) is 0 Å². The molecule has 25 heavy (non-hydrogen) atoms. The fourth-order valence-electron chi connectivity index (χ4n) is 4.11. The number of benzene rings is 1. The van der Waals surface area contributed by atoms with E-state index in [2.05, 4.69) is 4.90 Å². The van der Waals surface area contributed by atoms with E-state index in [1.807, 2.05) is 37.4 Å². The number of rotatable bonds is 5. The predicted molar refractivity (Wildman–Crippen MR) is 97.3 cm³/mol. The maximum atomic E-state index is 12.7. The number of carbonyl (C=O) groups excluding carboxylic acids is 1. The van der Waals surface area contributed by atoms with Crippen molar-refractivity contribution in [3.05, 3.63) is 35.9 Å². The van der Waals surface area contributed by atoms with E-state index in [4.69, 9.17) is 4.74 Å². The number of aliphatic hydroxyl groups is 1. The van der Waals surface area contributed by atoms with Crippen molar-refractivity contribution in [1.29, 1.82) is 0 Å². The van der Waals surface area contributed by atoms with Gasteiger partial charge in [0.15, 0.2) is 0 Å². The molecule has 0 spiro atoms. The van der Waals surface area contributed by atoms with Gasteiger partial charge in [0.25, 0.3) is 0 Å². The van der Waals surface area contributed by atoms with Gasteiger partial charge in [-0.1, -0.05) is 30.3 Å². The molecule has 0 aromatic heterocycles. The van der Waals surface area contributed by atoms with Crippen LogP contribution in [-0.2, 0) is 11.3 Å². The number of hydrogen-bond donors (Lipinski definition) is 1. The summed E-state index contributed by atoms with van der Waals surface area (Å²) >= 11 is 0. The molecule has 1 aliphatic heterocycles.